The SMILES string of the molecule is CCOC(=O)c1cn2cc(C(C)C)ccc2n1.CCOC(=O)c1cn2cc(C(C)C)ccc2n1. The Morgan fingerprint density at radius 2 is 1.09 bits per heavy atom. The van der Waals surface area contributed by atoms with E-state index in [0.29, 0.717) is 36.4 Å². The van der Waals surface area contributed by atoms with Gasteiger partial charge in [-0.25, -0.2) is 19.6 Å². The average molecular weight is 465 g/mol. The first-order chi connectivity index (χ1) is 16.2. The second kappa shape index (κ2) is 11.0. The molecular formula is C26H32N4O4. The minimum absolute atomic E-state index is 0.354. The zero-order valence-electron chi connectivity index (χ0n) is 20.6. The van der Waals surface area contributed by atoms with Gasteiger partial charge in [-0.1, -0.05) is 39.8 Å². The van der Waals surface area contributed by atoms with Crippen LogP contribution in [0.25, 0.3) is 11.3 Å². The van der Waals surface area contributed by atoms with Crippen LogP contribution in [0.2, 0.25) is 0 Å². The molecule has 0 bridgehead atoms. The van der Waals surface area contributed by atoms with Crippen molar-refractivity contribution in [1.29, 1.82) is 0 Å². The Kier molecular flexibility index (Phi) is 8.04. The Morgan fingerprint density at radius 3 is 1.41 bits per heavy atom. The van der Waals surface area contributed by atoms with Gasteiger partial charge in [-0.3, -0.25) is 0 Å². The predicted molar refractivity (Wildman–Crippen MR) is 130 cm³/mol. The molecule has 4 aromatic heterocycles. The van der Waals surface area contributed by atoms with E-state index in [9.17, 15) is 9.59 Å². The zero-order valence-corrected chi connectivity index (χ0v) is 20.6. The minimum atomic E-state index is -0.373. The van der Waals surface area contributed by atoms with Crippen molar-refractivity contribution in [2.24, 2.45) is 0 Å². The number of pyridine rings is 2. The Bertz CT molecular complexity index is 1190. The summed E-state index contributed by atoms with van der Waals surface area (Å²) in [6.45, 7) is 12.8. The Hall–Kier alpha value is -3.68. The highest BCUT2D eigenvalue weighted by molar-refractivity contribution is 5.88. The lowest BCUT2D eigenvalue weighted by Gasteiger charge is -2.04. The first kappa shape index (κ1) is 25.0. The van der Waals surface area contributed by atoms with E-state index in [2.05, 4.69) is 37.7 Å². The van der Waals surface area contributed by atoms with Crippen LogP contribution in [-0.2, 0) is 9.47 Å². The number of hydrogen-bond acceptors (Lipinski definition) is 6. The van der Waals surface area contributed by atoms with Gasteiger partial charge in [0.15, 0.2) is 11.4 Å². The zero-order chi connectivity index (χ0) is 24.8. The van der Waals surface area contributed by atoms with Crippen molar-refractivity contribution in [3.8, 4) is 0 Å². The van der Waals surface area contributed by atoms with Crippen molar-refractivity contribution >= 4 is 23.2 Å². The second-order valence-electron chi connectivity index (χ2n) is 8.46. The summed E-state index contributed by atoms with van der Waals surface area (Å²) in [4.78, 5) is 31.5. The number of rotatable bonds is 6. The highest BCUT2D eigenvalue weighted by Crippen LogP contribution is 2.17. The summed E-state index contributed by atoms with van der Waals surface area (Å²) < 4.78 is 13.6. The predicted octanol–water partition coefficient (Wildman–Crippen LogP) is 5.27. The van der Waals surface area contributed by atoms with E-state index in [1.54, 1.807) is 26.2 Å². The highest BCUT2D eigenvalue weighted by Gasteiger charge is 2.13. The first-order valence-electron chi connectivity index (χ1n) is 11.5. The van der Waals surface area contributed by atoms with Gasteiger partial charge in [0, 0.05) is 24.8 Å². The molecule has 0 spiro atoms. The summed E-state index contributed by atoms with van der Waals surface area (Å²) in [6, 6.07) is 7.89. The van der Waals surface area contributed by atoms with Crippen molar-refractivity contribution in [3.63, 3.8) is 0 Å². The molecule has 0 aliphatic rings. The average Bonchev–Trinajstić information content (AvgIpc) is 3.43. The van der Waals surface area contributed by atoms with E-state index in [4.69, 9.17) is 9.47 Å². The van der Waals surface area contributed by atoms with Gasteiger partial charge in [0.25, 0.3) is 0 Å². The van der Waals surface area contributed by atoms with E-state index >= 15 is 0 Å². The van der Waals surface area contributed by atoms with Crippen molar-refractivity contribution in [2.45, 2.75) is 53.4 Å². The van der Waals surface area contributed by atoms with Crippen molar-refractivity contribution in [1.82, 2.24) is 18.8 Å². The number of carbonyl (C=O) groups is 2. The molecule has 0 aliphatic carbocycles. The normalized spacial score (nSPS) is 11.1. The molecule has 4 heterocycles. The van der Waals surface area contributed by atoms with E-state index < -0.39 is 0 Å². The van der Waals surface area contributed by atoms with Crippen LogP contribution in [0.5, 0.6) is 0 Å². The highest BCUT2D eigenvalue weighted by atomic mass is 16.5. The summed E-state index contributed by atoms with van der Waals surface area (Å²) in [5, 5.41) is 0. The Labute approximate surface area is 199 Å². The number of carbonyl (C=O) groups excluding carboxylic acids is 2. The number of aromatic nitrogens is 4. The van der Waals surface area contributed by atoms with Crippen LogP contribution in [0.3, 0.4) is 0 Å². The van der Waals surface area contributed by atoms with E-state index in [1.807, 2.05) is 45.5 Å². The smallest absolute Gasteiger partial charge is 0.358 e. The van der Waals surface area contributed by atoms with E-state index in [1.165, 1.54) is 11.1 Å². The molecule has 0 unspecified atom stereocenters. The molecule has 0 atom stereocenters. The summed E-state index contributed by atoms with van der Waals surface area (Å²) in [5.41, 5.74) is 4.66. The van der Waals surface area contributed by atoms with Crippen molar-refractivity contribution in [3.05, 3.63) is 71.6 Å². The molecule has 0 saturated carbocycles. The van der Waals surface area contributed by atoms with Gasteiger partial charge in [-0.05, 0) is 48.9 Å². The lowest BCUT2D eigenvalue weighted by Crippen LogP contribution is -2.04. The van der Waals surface area contributed by atoms with Crippen LogP contribution in [0.15, 0.2) is 49.1 Å². The summed E-state index contributed by atoms with van der Waals surface area (Å²) in [5.74, 6) is 0.158. The number of fused-ring (bicyclic) bond motifs is 2. The summed E-state index contributed by atoms with van der Waals surface area (Å²) >= 11 is 0. The molecule has 0 N–H and O–H groups in total. The number of hydrogen-bond donors (Lipinski definition) is 0. The largest absolute Gasteiger partial charge is 0.461 e. The number of ether oxygens (including phenoxy) is 2. The maximum atomic E-state index is 11.5. The fraction of sp³-hybridized carbons (Fsp3) is 0.385. The molecule has 0 saturated heterocycles. The maximum Gasteiger partial charge on any atom is 0.358 e. The molecule has 0 fully saturated rings. The molecule has 34 heavy (non-hydrogen) atoms. The maximum absolute atomic E-state index is 11.5. The fourth-order valence-electron chi connectivity index (χ4n) is 3.31. The fourth-order valence-corrected chi connectivity index (χ4v) is 3.31. The quantitative estimate of drug-likeness (QED) is 0.361. The van der Waals surface area contributed by atoms with Gasteiger partial charge >= 0.3 is 11.9 Å². The molecule has 8 nitrogen and oxygen atoms in total. The van der Waals surface area contributed by atoms with Crippen molar-refractivity contribution < 1.29 is 19.1 Å². The molecule has 0 aromatic carbocycles. The molecule has 4 rings (SSSR count). The lowest BCUT2D eigenvalue weighted by molar-refractivity contribution is 0.0511. The van der Waals surface area contributed by atoms with E-state index in [-0.39, 0.29) is 11.9 Å². The number of nitrogens with zero attached hydrogens (tertiary/aromatic N) is 4. The van der Waals surface area contributed by atoms with E-state index in [0.717, 1.165) is 11.3 Å². The topological polar surface area (TPSA) is 87.2 Å². The van der Waals surface area contributed by atoms with Crippen LogP contribution in [0.1, 0.15) is 85.5 Å². The molecule has 0 amide bonds. The number of imidazole rings is 2. The van der Waals surface area contributed by atoms with Gasteiger partial charge in [0.05, 0.1) is 13.2 Å². The second-order valence-corrected chi connectivity index (χ2v) is 8.46. The Balaban J connectivity index is 0.000000191. The summed E-state index contributed by atoms with van der Waals surface area (Å²) in [7, 11) is 0. The monoisotopic (exact) mass is 464 g/mol. The molecule has 4 aromatic rings. The van der Waals surface area contributed by atoms with Crippen LogP contribution >= 0.6 is 0 Å². The molecule has 0 aliphatic heterocycles. The van der Waals surface area contributed by atoms with Crippen LogP contribution < -0.4 is 0 Å². The molecule has 180 valence electrons. The van der Waals surface area contributed by atoms with Crippen LogP contribution in [0.4, 0.5) is 0 Å². The summed E-state index contributed by atoms with van der Waals surface area (Å²) in [6.07, 6.45) is 7.41. The van der Waals surface area contributed by atoms with Crippen LogP contribution in [0, 0.1) is 0 Å². The standard InChI is InChI=1S/2C13H16N2O2/c2*1-4-17-13(16)11-8-15-7-10(9(2)3)5-6-12(15)14-11/h2*5-9H,4H2,1-3H3. The van der Waals surface area contributed by atoms with Gasteiger partial charge in [-0.2, -0.15) is 0 Å². The third-order valence-electron chi connectivity index (χ3n) is 5.25. The molecular weight excluding hydrogens is 432 g/mol. The van der Waals surface area contributed by atoms with Gasteiger partial charge in [0.2, 0.25) is 0 Å². The lowest BCUT2D eigenvalue weighted by atomic mass is 10.1. The number of esters is 2. The minimum Gasteiger partial charge on any atom is -0.461 e. The third kappa shape index (κ3) is 5.81. The van der Waals surface area contributed by atoms with Gasteiger partial charge < -0.3 is 18.3 Å². The van der Waals surface area contributed by atoms with Crippen LogP contribution in [-0.4, -0.2) is 43.9 Å². The Morgan fingerprint density at radius 1 is 0.706 bits per heavy atom. The first-order valence-corrected chi connectivity index (χ1v) is 11.5. The van der Waals surface area contributed by atoms with Gasteiger partial charge in [-0.15, -0.1) is 0 Å². The molecule has 0 radical (unpaired) electrons. The third-order valence-corrected chi connectivity index (χ3v) is 5.25. The van der Waals surface area contributed by atoms with Gasteiger partial charge in [0.1, 0.15) is 11.3 Å². The van der Waals surface area contributed by atoms with Crippen molar-refractivity contribution in [2.75, 3.05) is 13.2 Å². The molecule has 8 heteroatoms.